The fraction of sp³-hybridized carbons (Fsp3) is 0.905. The van der Waals surface area contributed by atoms with E-state index in [0.29, 0.717) is 0 Å². The third kappa shape index (κ3) is 23.0. The molecular formula is C42H88N20. The lowest BCUT2D eigenvalue weighted by atomic mass is 9.96. The van der Waals surface area contributed by atoms with Crippen LogP contribution in [0.1, 0.15) is 147 Å². The second-order valence-electron chi connectivity index (χ2n) is 20.2. The van der Waals surface area contributed by atoms with E-state index in [4.69, 9.17) is 0 Å². The van der Waals surface area contributed by atoms with Gasteiger partial charge in [0, 0.05) is 34.7 Å². The Bertz CT molecular complexity index is 1720. The number of aromatic nitrogens is 16. The molecule has 0 N–H and O–H groups in total. The Morgan fingerprint density at radius 3 is 0.871 bits per heavy atom. The smallest absolute Gasteiger partial charge is 0.180 e. The lowest BCUT2D eigenvalue weighted by Crippen LogP contribution is -2.27. The van der Waals surface area contributed by atoms with Gasteiger partial charge in [-0.15, -0.1) is 40.8 Å². The Morgan fingerprint density at radius 1 is 0.355 bits per heavy atom. The predicted molar refractivity (Wildman–Crippen MR) is 248 cm³/mol. The molecule has 4 aromatic heterocycles. The van der Waals surface area contributed by atoms with E-state index < -0.39 is 0 Å². The van der Waals surface area contributed by atoms with E-state index in [2.05, 4.69) is 206 Å². The maximum atomic E-state index is 4.41. The van der Waals surface area contributed by atoms with Crippen LogP contribution in [0.2, 0.25) is 0 Å². The van der Waals surface area contributed by atoms with Crippen molar-refractivity contribution in [1.82, 2.24) is 100 Å². The van der Waals surface area contributed by atoms with Crippen molar-refractivity contribution in [3.8, 4) is 0 Å². The lowest BCUT2D eigenvalue weighted by Gasteiger charge is -2.17. The van der Waals surface area contributed by atoms with Gasteiger partial charge in [0.15, 0.2) is 23.3 Å². The van der Waals surface area contributed by atoms with E-state index in [1.807, 2.05) is 14.1 Å². The predicted octanol–water partition coefficient (Wildman–Crippen LogP) is 4.47. The third-order valence-electron chi connectivity index (χ3n) is 9.44. The van der Waals surface area contributed by atoms with Crippen LogP contribution in [-0.2, 0) is 47.8 Å². The molecule has 356 valence electrons. The Kier molecular flexibility index (Phi) is 24.2. The van der Waals surface area contributed by atoms with E-state index in [1.54, 1.807) is 19.2 Å². The maximum Gasteiger partial charge on any atom is 0.180 e. The molecule has 0 aliphatic carbocycles. The largest absolute Gasteiger partial charge is 0.309 e. The van der Waals surface area contributed by atoms with E-state index in [-0.39, 0.29) is 21.7 Å². The van der Waals surface area contributed by atoms with Gasteiger partial charge in [-0.2, -0.15) is 19.2 Å². The molecule has 4 rings (SSSR count). The van der Waals surface area contributed by atoms with E-state index in [0.717, 1.165) is 115 Å². The van der Waals surface area contributed by atoms with Crippen LogP contribution in [-0.4, -0.2) is 181 Å². The number of tetrazole rings is 4. The summed E-state index contributed by atoms with van der Waals surface area (Å²) in [5.74, 6) is 3.25. The van der Waals surface area contributed by atoms with Crippen LogP contribution in [0, 0.1) is 0 Å². The standard InChI is InChI=1S/C12H25N5.C11H23N5.C10H21N5.C9H19N5/c1-6-16(7-2)9-8-10-17-14-11(13-15-17)12(3,4)5;1-6-15(7-2)8-9-16-13-10(12-14-16)11(3,4)5;1-10(2,3)9-11-13-15(12-9)8-6-7-14(4)5;1-9(2,3)8-10-12-14(11-8)7-6-13(4)5/h6-10H2,1-5H3;6-9H2,1-5H3;6-8H2,1-5H3;6-7H2,1-5H3. The number of hydrogen-bond acceptors (Lipinski definition) is 16. The minimum Gasteiger partial charge on any atom is -0.309 e. The van der Waals surface area contributed by atoms with E-state index >= 15 is 0 Å². The van der Waals surface area contributed by atoms with Gasteiger partial charge in [0.2, 0.25) is 0 Å². The molecule has 0 aliphatic heterocycles. The number of nitrogens with zero attached hydrogens (tertiary/aromatic N) is 20. The van der Waals surface area contributed by atoms with Crippen LogP contribution in [0.3, 0.4) is 0 Å². The summed E-state index contributed by atoms with van der Waals surface area (Å²) in [6, 6.07) is 0. The highest BCUT2D eigenvalue weighted by Gasteiger charge is 2.22. The minimum absolute atomic E-state index is 0.0141. The van der Waals surface area contributed by atoms with Crippen LogP contribution in [0.4, 0.5) is 0 Å². The summed E-state index contributed by atoms with van der Waals surface area (Å²) in [5.41, 5.74) is -0.0687. The van der Waals surface area contributed by atoms with Gasteiger partial charge in [0.25, 0.3) is 0 Å². The van der Waals surface area contributed by atoms with Crippen molar-refractivity contribution in [1.29, 1.82) is 0 Å². The molecular weight excluding hydrogens is 785 g/mol. The van der Waals surface area contributed by atoms with Crippen LogP contribution >= 0.6 is 0 Å². The summed E-state index contributed by atoms with van der Waals surface area (Å²) in [7, 11) is 8.19. The van der Waals surface area contributed by atoms with Crippen molar-refractivity contribution in [3.05, 3.63) is 23.3 Å². The zero-order chi connectivity index (χ0) is 47.3. The van der Waals surface area contributed by atoms with E-state index in [9.17, 15) is 0 Å². The second kappa shape index (κ2) is 26.7. The average Bonchev–Trinajstić information content (AvgIpc) is 4.00. The van der Waals surface area contributed by atoms with Gasteiger partial charge in [0.1, 0.15) is 0 Å². The van der Waals surface area contributed by atoms with Crippen LogP contribution < -0.4 is 0 Å². The summed E-state index contributed by atoms with van der Waals surface area (Å²) in [5, 5.41) is 49.9. The van der Waals surface area contributed by atoms with Crippen LogP contribution in [0.15, 0.2) is 0 Å². The minimum atomic E-state index is -0.0204. The zero-order valence-corrected chi connectivity index (χ0v) is 42.8. The van der Waals surface area contributed by atoms with Crippen LogP contribution in [0.5, 0.6) is 0 Å². The zero-order valence-electron chi connectivity index (χ0n) is 42.8. The first-order chi connectivity index (χ1) is 28.7. The number of likely N-dealkylation sites (N-methyl/N-ethyl adjacent to an activating group) is 2. The fourth-order valence-corrected chi connectivity index (χ4v) is 5.12. The van der Waals surface area contributed by atoms with Gasteiger partial charge < -0.3 is 19.6 Å². The molecule has 0 atom stereocenters. The number of aryl methyl sites for hydroxylation is 2. The molecule has 20 heteroatoms. The van der Waals surface area contributed by atoms with Crippen molar-refractivity contribution in [3.63, 3.8) is 0 Å². The molecule has 0 unspecified atom stereocenters. The maximum absolute atomic E-state index is 4.41. The monoisotopic (exact) mass is 873 g/mol. The molecule has 0 saturated heterocycles. The Balaban J connectivity index is 0.000000414. The topological polar surface area (TPSA) is 187 Å². The molecule has 0 saturated carbocycles. The first kappa shape index (κ1) is 56.1. The molecule has 62 heavy (non-hydrogen) atoms. The summed E-state index contributed by atoms with van der Waals surface area (Å²) in [6.07, 6.45) is 2.12. The molecule has 0 aliphatic rings. The van der Waals surface area contributed by atoms with Crippen LogP contribution in [0.25, 0.3) is 0 Å². The van der Waals surface area contributed by atoms with Gasteiger partial charge in [-0.25, -0.2) is 0 Å². The van der Waals surface area contributed by atoms with Crippen molar-refractivity contribution < 1.29 is 0 Å². The van der Waals surface area contributed by atoms with Gasteiger partial charge in [-0.05, 0) is 101 Å². The highest BCUT2D eigenvalue weighted by molar-refractivity contribution is 4.98. The molecule has 0 fully saturated rings. The Morgan fingerprint density at radius 2 is 0.613 bits per heavy atom. The Hall–Kier alpha value is -3.88. The van der Waals surface area contributed by atoms with Gasteiger partial charge >= 0.3 is 0 Å². The molecule has 20 nitrogen and oxygen atoms in total. The van der Waals surface area contributed by atoms with Gasteiger partial charge in [-0.1, -0.05) is 111 Å². The molecule has 4 heterocycles. The number of rotatable bonds is 18. The van der Waals surface area contributed by atoms with Crippen molar-refractivity contribution in [2.24, 2.45) is 0 Å². The summed E-state index contributed by atoms with van der Waals surface area (Å²) in [6.45, 7) is 45.5. The SMILES string of the molecule is CCN(CC)CCCn1nnc(C(C)(C)C)n1.CCN(CC)CCn1nnc(C(C)(C)C)n1.CN(C)CCCn1nnc(C(C)(C)C)n1.CN(C)CCn1nnc(C(C)(C)C)n1. The molecule has 0 amide bonds. The average molecular weight is 873 g/mol. The highest BCUT2D eigenvalue weighted by Crippen LogP contribution is 2.18. The fourth-order valence-electron chi connectivity index (χ4n) is 5.12. The molecule has 0 aromatic carbocycles. The first-order valence-electron chi connectivity index (χ1n) is 22.6. The molecule has 0 bridgehead atoms. The molecule has 0 spiro atoms. The number of hydrogen-bond donors (Lipinski definition) is 0. The first-order valence-corrected chi connectivity index (χ1v) is 22.6. The van der Waals surface area contributed by atoms with Gasteiger partial charge in [0.05, 0.1) is 26.2 Å². The third-order valence-corrected chi connectivity index (χ3v) is 9.44. The Labute approximate surface area is 374 Å². The molecule has 0 radical (unpaired) electrons. The van der Waals surface area contributed by atoms with Gasteiger partial charge in [-0.3, -0.25) is 0 Å². The summed E-state index contributed by atoms with van der Waals surface area (Å²) >= 11 is 0. The normalized spacial score (nSPS) is 12.4. The lowest BCUT2D eigenvalue weighted by molar-refractivity contribution is 0.276. The highest BCUT2D eigenvalue weighted by atomic mass is 15.6. The summed E-state index contributed by atoms with van der Waals surface area (Å²) < 4.78 is 0. The summed E-state index contributed by atoms with van der Waals surface area (Å²) in [4.78, 5) is 15.7. The second-order valence-corrected chi connectivity index (χ2v) is 20.2. The van der Waals surface area contributed by atoms with Crippen molar-refractivity contribution >= 4 is 0 Å². The van der Waals surface area contributed by atoms with Crippen molar-refractivity contribution in [2.75, 3.05) is 80.5 Å². The quantitative estimate of drug-likeness (QED) is 0.136. The molecule has 4 aromatic rings. The van der Waals surface area contributed by atoms with E-state index in [1.165, 1.54) is 0 Å². The van der Waals surface area contributed by atoms with Crippen molar-refractivity contribution in [2.45, 2.75) is 171 Å².